The molecule has 7 nitrogen and oxygen atoms in total. The van der Waals surface area contributed by atoms with Crippen molar-refractivity contribution in [3.63, 3.8) is 0 Å². The SMILES string of the molecule is Cc1csc2nc(CN(C)[C@H](C)c3ccc(S(N)(=O)=O)cc3)cc(=O)n12. The number of sulfonamides is 1. The van der Waals surface area contributed by atoms with Gasteiger partial charge in [-0.05, 0) is 38.6 Å². The smallest absolute Gasteiger partial charge is 0.259 e. The molecule has 3 aromatic rings. The number of primary sulfonamides is 1. The lowest BCUT2D eigenvalue weighted by molar-refractivity contribution is 0.250. The summed E-state index contributed by atoms with van der Waals surface area (Å²) in [6.45, 7) is 4.39. The second kappa shape index (κ2) is 6.92. The monoisotopic (exact) mass is 392 g/mol. The molecule has 0 aliphatic carbocycles. The lowest BCUT2D eigenvalue weighted by Gasteiger charge is -2.24. The lowest BCUT2D eigenvalue weighted by atomic mass is 10.1. The minimum Gasteiger partial charge on any atom is -0.294 e. The highest BCUT2D eigenvalue weighted by Crippen LogP contribution is 2.22. The van der Waals surface area contributed by atoms with Crippen molar-refractivity contribution in [2.24, 2.45) is 5.14 Å². The molecular weight excluding hydrogens is 372 g/mol. The molecule has 0 amide bonds. The molecule has 3 rings (SSSR count). The Bertz CT molecular complexity index is 1100. The van der Waals surface area contributed by atoms with Gasteiger partial charge in [-0.2, -0.15) is 0 Å². The van der Waals surface area contributed by atoms with Gasteiger partial charge < -0.3 is 0 Å². The third-order valence-electron chi connectivity index (χ3n) is 4.39. The fraction of sp³-hybridized carbons (Fsp3) is 0.294. The van der Waals surface area contributed by atoms with Gasteiger partial charge in [-0.25, -0.2) is 18.5 Å². The van der Waals surface area contributed by atoms with Crippen molar-refractivity contribution in [3.05, 3.63) is 63.0 Å². The average Bonchev–Trinajstić information content (AvgIpc) is 2.95. The Labute approximate surface area is 155 Å². The Hall–Kier alpha value is -2.07. The van der Waals surface area contributed by atoms with Crippen molar-refractivity contribution in [1.29, 1.82) is 0 Å². The first kappa shape index (κ1) is 18.7. The zero-order valence-corrected chi connectivity index (χ0v) is 16.3. The molecular formula is C17H20N4O3S2. The molecule has 2 heterocycles. The summed E-state index contributed by atoms with van der Waals surface area (Å²) in [6.07, 6.45) is 0. The molecule has 0 aliphatic heterocycles. The van der Waals surface area contributed by atoms with Crippen LogP contribution in [-0.4, -0.2) is 29.8 Å². The summed E-state index contributed by atoms with van der Waals surface area (Å²) in [5.41, 5.74) is 2.45. The summed E-state index contributed by atoms with van der Waals surface area (Å²) >= 11 is 1.44. The molecule has 0 bridgehead atoms. The van der Waals surface area contributed by atoms with Crippen molar-refractivity contribution in [2.45, 2.75) is 31.3 Å². The average molecular weight is 393 g/mol. The van der Waals surface area contributed by atoms with Gasteiger partial charge in [0.1, 0.15) is 0 Å². The van der Waals surface area contributed by atoms with Crippen molar-refractivity contribution in [3.8, 4) is 0 Å². The van der Waals surface area contributed by atoms with Crippen LogP contribution in [0.5, 0.6) is 0 Å². The number of hydrogen-bond acceptors (Lipinski definition) is 6. The molecule has 0 unspecified atom stereocenters. The maximum atomic E-state index is 12.3. The molecule has 26 heavy (non-hydrogen) atoms. The minimum absolute atomic E-state index is 0.00912. The van der Waals surface area contributed by atoms with Gasteiger partial charge in [0.2, 0.25) is 10.0 Å². The first-order chi connectivity index (χ1) is 12.2. The molecule has 1 aromatic carbocycles. The number of aryl methyl sites for hydroxylation is 1. The minimum atomic E-state index is -3.70. The zero-order chi connectivity index (χ0) is 19.1. The van der Waals surface area contributed by atoms with E-state index in [0.717, 1.165) is 11.3 Å². The molecule has 0 fully saturated rings. The summed E-state index contributed by atoms with van der Waals surface area (Å²) in [7, 11) is -1.77. The van der Waals surface area contributed by atoms with Gasteiger partial charge in [-0.15, -0.1) is 11.3 Å². The second-order valence-corrected chi connectivity index (χ2v) is 8.68. The number of nitrogens with zero attached hydrogens (tertiary/aromatic N) is 3. The highest BCUT2D eigenvalue weighted by molar-refractivity contribution is 7.89. The Balaban J connectivity index is 1.81. The number of benzene rings is 1. The molecule has 0 saturated carbocycles. The molecule has 0 radical (unpaired) electrons. The number of hydrogen-bond donors (Lipinski definition) is 1. The quantitative estimate of drug-likeness (QED) is 0.715. The van der Waals surface area contributed by atoms with Crippen LogP contribution in [0.2, 0.25) is 0 Å². The van der Waals surface area contributed by atoms with E-state index < -0.39 is 10.0 Å². The van der Waals surface area contributed by atoms with Crippen LogP contribution in [0.1, 0.15) is 29.9 Å². The Morgan fingerprint density at radius 3 is 2.58 bits per heavy atom. The molecule has 1 atom stereocenters. The number of fused-ring (bicyclic) bond motifs is 1. The molecule has 0 saturated heterocycles. The molecule has 2 N–H and O–H groups in total. The van der Waals surface area contributed by atoms with E-state index in [1.807, 2.05) is 31.2 Å². The van der Waals surface area contributed by atoms with Gasteiger partial charge in [0.25, 0.3) is 5.56 Å². The highest BCUT2D eigenvalue weighted by atomic mass is 32.2. The molecule has 138 valence electrons. The number of aromatic nitrogens is 2. The second-order valence-electron chi connectivity index (χ2n) is 6.29. The van der Waals surface area contributed by atoms with Crippen LogP contribution in [0.25, 0.3) is 4.96 Å². The summed E-state index contributed by atoms with van der Waals surface area (Å²) in [6, 6.07) is 8.06. The Morgan fingerprint density at radius 1 is 1.31 bits per heavy atom. The molecule has 0 spiro atoms. The first-order valence-electron chi connectivity index (χ1n) is 7.96. The van der Waals surface area contributed by atoms with E-state index in [-0.39, 0.29) is 16.5 Å². The Morgan fingerprint density at radius 2 is 1.96 bits per heavy atom. The summed E-state index contributed by atoms with van der Waals surface area (Å²) < 4.78 is 24.3. The van der Waals surface area contributed by atoms with Crippen LogP contribution in [0, 0.1) is 6.92 Å². The van der Waals surface area contributed by atoms with E-state index in [1.165, 1.54) is 23.5 Å². The third kappa shape index (κ3) is 3.70. The highest BCUT2D eigenvalue weighted by Gasteiger charge is 2.15. The molecule has 2 aromatic heterocycles. The van der Waals surface area contributed by atoms with Crippen LogP contribution in [0.4, 0.5) is 0 Å². The van der Waals surface area contributed by atoms with Crippen molar-refractivity contribution < 1.29 is 8.42 Å². The van der Waals surface area contributed by atoms with E-state index in [9.17, 15) is 13.2 Å². The molecule has 9 heteroatoms. The van der Waals surface area contributed by atoms with Crippen LogP contribution >= 0.6 is 11.3 Å². The normalized spacial score (nSPS) is 13.4. The maximum absolute atomic E-state index is 12.3. The van der Waals surface area contributed by atoms with Gasteiger partial charge in [-0.3, -0.25) is 14.1 Å². The van der Waals surface area contributed by atoms with E-state index in [0.29, 0.717) is 17.2 Å². The fourth-order valence-corrected chi connectivity index (χ4v) is 4.17. The van der Waals surface area contributed by atoms with E-state index >= 15 is 0 Å². The predicted molar refractivity (Wildman–Crippen MR) is 102 cm³/mol. The topological polar surface area (TPSA) is 97.8 Å². The van der Waals surface area contributed by atoms with Gasteiger partial charge in [-0.1, -0.05) is 12.1 Å². The number of nitrogens with two attached hydrogens (primary N) is 1. The fourth-order valence-electron chi connectivity index (χ4n) is 2.76. The van der Waals surface area contributed by atoms with Gasteiger partial charge >= 0.3 is 0 Å². The molecule has 0 aliphatic rings. The van der Waals surface area contributed by atoms with Gasteiger partial charge in [0, 0.05) is 29.7 Å². The van der Waals surface area contributed by atoms with E-state index in [1.54, 1.807) is 22.6 Å². The van der Waals surface area contributed by atoms with E-state index in [4.69, 9.17) is 5.14 Å². The van der Waals surface area contributed by atoms with Crippen molar-refractivity contribution >= 4 is 26.3 Å². The number of rotatable bonds is 5. The third-order valence-corrected chi connectivity index (χ3v) is 6.27. The Kier molecular flexibility index (Phi) is 4.98. The summed E-state index contributed by atoms with van der Waals surface area (Å²) in [5, 5.41) is 7.04. The zero-order valence-electron chi connectivity index (χ0n) is 14.7. The predicted octanol–water partition coefficient (Wildman–Crippen LogP) is 1.90. The largest absolute Gasteiger partial charge is 0.294 e. The van der Waals surface area contributed by atoms with Crippen LogP contribution in [0.15, 0.2) is 45.4 Å². The van der Waals surface area contributed by atoms with Gasteiger partial charge in [0.15, 0.2) is 4.96 Å². The van der Waals surface area contributed by atoms with Crippen molar-refractivity contribution in [1.82, 2.24) is 14.3 Å². The van der Waals surface area contributed by atoms with Crippen LogP contribution in [-0.2, 0) is 16.6 Å². The lowest BCUT2D eigenvalue weighted by Crippen LogP contribution is -2.24. The van der Waals surface area contributed by atoms with Crippen LogP contribution in [0.3, 0.4) is 0 Å². The van der Waals surface area contributed by atoms with E-state index in [2.05, 4.69) is 4.98 Å². The maximum Gasteiger partial charge on any atom is 0.259 e. The number of thiazole rings is 1. The van der Waals surface area contributed by atoms with Crippen LogP contribution < -0.4 is 10.7 Å². The summed E-state index contributed by atoms with van der Waals surface area (Å²) in [5.74, 6) is 0. The van der Waals surface area contributed by atoms with Crippen molar-refractivity contribution in [2.75, 3.05) is 7.05 Å². The summed E-state index contributed by atoms with van der Waals surface area (Å²) in [4.78, 5) is 19.7. The standard InChI is InChI=1S/C17H20N4O3S2/c1-11-10-25-17-19-14(8-16(22)21(11)17)9-20(3)12(2)13-4-6-15(7-5-13)26(18,23)24/h4-8,10,12H,9H2,1-3H3,(H2,18,23,24)/t12-/m1/s1. The first-order valence-corrected chi connectivity index (χ1v) is 10.4. The van der Waals surface area contributed by atoms with Gasteiger partial charge in [0.05, 0.1) is 10.6 Å².